The van der Waals surface area contributed by atoms with Gasteiger partial charge < -0.3 is 9.15 Å². The van der Waals surface area contributed by atoms with Gasteiger partial charge in [0.2, 0.25) is 5.89 Å². The van der Waals surface area contributed by atoms with Gasteiger partial charge >= 0.3 is 0 Å². The summed E-state index contributed by atoms with van der Waals surface area (Å²) in [5, 5.41) is 8.04. The standard InChI is InChI=1S/C16H14N2O2/c1-12-6-5-7-13(10-12)16-18-17-15(20-16)11-19-14-8-3-2-4-9-14/h2-10H,11H2,1H3. The van der Waals surface area contributed by atoms with Crippen LogP contribution in [-0.2, 0) is 6.61 Å². The summed E-state index contributed by atoms with van der Waals surface area (Å²) in [6.45, 7) is 2.29. The maximum Gasteiger partial charge on any atom is 0.254 e. The van der Waals surface area contributed by atoms with Gasteiger partial charge in [0.1, 0.15) is 5.75 Å². The number of rotatable bonds is 4. The Bertz CT molecular complexity index is 692. The molecule has 100 valence electrons. The van der Waals surface area contributed by atoms with E-state index < -0.39 is 0 Å². The molecule has 0 spiro atoms. The number of benzene rings is 2. The molecule has 0 unspecified atom stereocenters. The van der Waals surface area contributed by atoms with Gasteiger partial charge in [-0.05, 0) is 31.2 Å². The predicted molar refractivity (Wildman–Crippen MR) is 75.2 cm³/mol. The fourth-order valence-electron chi connectivity index (χ4n) is 1.87. The fourth-order valence-corrected chi connectivity index (χ4v) is 1.87. The van der Waals surface area contributed by atoms with Gasteiger partial charge in [-0.3, -0.25) is 0 Å². The Labute approximate surface area is 117 Å². The van der Waals surface area contributed by atoms with Crippen molar-refractivity contribution in [1.82, 2.24) is 10.2 Å². The Hall–Kier alpha value is -2.62. The summed E-state index contributed by atoms with van der Waals surface area (Å²) < 4.78 is 11.2. The average molecular weight is 266 g/mol. The molecule has 0 atom stereocenters. The van der Waals surface area contributed by atoms with Crippen LogP contribution in [0.2, 0.25) is 0 Å². The molecule has 0 radical (unpaired) electrons. The summed E-state index contributed by atoms with van der Waals surface area (Å²) in [4.78, 5) is 0. The third kappa shape index (κ3) is 2.85. The van der Waals surface area contributed by atoms with Crippen molar-refractivity contribution in [1.29, 1.82) is 0 Å². The molecule has 0 saturated heterocycles. The molecule has 2 aromatic carbocycles. The molecular formula is C16H14N2O2. The lowest BCUT2D eigenvalue weighted by atomic mass is 10.1. The van der Waals surface area contributed by atoms with Crippen molar-refractivity contribution in [3.8, 4) is 17.2 Å². The average Bonchev–Trinajstić information content (AvgIpc) is 2.95. The van der Waals surface area contributed by atoms with Crippen molar-refractivity contribution < 1.29 is 9.15 Å². The molecule has 0 saturated carbocycles. The van der Waals surface area contributed by atoms with Gasteiger partial charge in [0, 0.05) is 5.56 Å². The summed E-state index contributed by atoms with van der Waals surface area (Å²) in [5.41, 5.74) is 2.08. The summed E-state index contributed by atoms with van der Waals surface area (Å²) in [6.07, 6.45) is 0. The molecule has 1 aromatic heterocycles. The molecule has 0 N–H and O–H groups in total. The lowest BCUT2D eigenvalue weighted by Crippen LogP contribution is -1.95. The molecule has 0 aliphatic carbocycles. The number of hydrogen-bond donors (Lipinski definition) is 0. The van der Waals surface area contributed by atoms with E-state index in [2.05, 4.69) is 10.2 Å². The number of ether oxygens (including phenoxy) is 1. The highest BCUT2D eigenvalue weighted by Gasteiger charge is 2.09. The van der Waals surface area contributed by atoms with E-state index in [0.717, 1.165) is 16.9 Å². The van der Waals surface area contributed by atoms with Crippen LogP contribution in [0.25, 0.3) is 11.5 Å². The molecule has 4 heteroatoms. The Morgan fingerprint density at radius 3 is 2.65 bits per heavy atom. The SMILES string of the molecule is Cc1cccc(-c2nnc(COc3ccccc3)o2)c1. The van der Waals surface area contributed by atoms with Gasteiger partial charge in [0.15, 0.2) is 6.61 Å². The molecule has 0 aliphatic heterocycles. The van der Waals surface area contributed by atoms with E-state index in [-0.39, 0.29) is 6.61 Å². The largest absolute Gasteiger partial charge is 0.484 e. The van der Waals surface area contributed by atoms with Gasteiger partial charge in [0.05, 0.1) is 0 Å². The molecule has 0 amide bonds. The lowest BCUT2D eigenvalue weighted by Gasteiger charge is -2.01. The minimum atomic E-state index is 0.267. The van der Waals surface area contributed by atoms with Crippen LogP contribution in [0, 0.1) is 6.92 Å². The highest BCUT2D eigenvalue weighted by molar-refractivity contribution is 5.53. The first-order valence-corrected chi connectivity index (χ1v) is 6.38. The van der Waals surface area contributed by atoms with Crippen LogP contribution in [0.1, 0.15) is 11.5 Å². The number of aromatic nitrogens is 2. The lowest BCUT2D eigenvalue weighted by molar-refractivity contribution is 0.264. The van der Waals surface area contributed by atoms with Gasteiger partial charge in [-0.2, -0.15) is 0 Å². The van der Waals surface area contributed by atoms with E-state index in [1.807, 2.05) is 61.5 Å². The quantitative estimate of drug-likeness (QED) is 0.723. The third-order valence-corrected chi connectivity index (χ3v) is 2.84. The predicted octanol–water partition coefficient (Wildman–Crippen LogP) is 3.62. The fraction of sp³-hybridized carbons (Fsp3) is 0.125. The van der Waals surface area contributed by atoms with Crippen molar-refractivity contribution in [2.24, 2.45) is 0 Å². The Balaban J connectivity index is 1.71. The van der Waals surface area contributed by atoms with Crippen molar-refractivity contribution in [3.05, 3.63) is 66.1 Å². The monoisotopic (exact) mass is 266 g/mol. The van der Waals surface area contributed by atoms with Crippen molar-refractivity contribution in [3.63, 3.8) is 0 Å². The summed E-state index contributed by atoms with van der Waals surface area (Å²) in [6, 6.07) is 17.5. The van der Waals surface area contributed by atoms with Crippen LogP contribution in [-0.4, -0.2) is 10.2 Å². The van der Waals surface area contributed by atoms with E-state index in [0.29, 0.717) is 11.8 Å². The van der Waals surface area contributed by atoms with Gasteiger partial charge in [-0.1, -0.05) is 35.9 Å². The first-order chi connectivity index (χ1) is 9.81. The number of para-hydroxylation sites is 1. The Morgan fingerprint density at radius 1 is 1.00 bits per heavy atom. The Kier molecular flexibility index (Phi) is 3.46. The summed E-state index contributed by atoms with van der Waals surface area (Å²) in [5.74, 6) is 1.76. The van der Waals surface area contributed by atoms with Crippen LogP contribution in [0.4, 0.5) is 0 Å². The second-order valence-electron chi connectivity index (χ2n) is 4.47. The minimum Gasteiger partial charge on any atom is -0.484 e. The molecule has 20 heavy (non-hydrogen) atoms. The zero-order valence-electron chi connectivity index (χ0n) is 11.1. The molecule has 4 nitrogen and oxygen atoms in total. The topological polar surface area (TPSA) is 48.2 Å². The molecule has 3 rings (SSSR count). The molecule has 0 fully saturated rings. The minimum absolute atomic E-state index is 0.267. The maximum atomic E-state index is 5.60. The first-order valence-electron chi connectivity index (χ1n) is 6.38. The molecule has 0 bridgehead atoms. The van der Waals surface area contributed by atoms with E-state index in [4.69, 9.17) is 9.15 Å². The second kappa shape index (κ2) is 5.57. The van der Waals surface area contributed by atoms with Gasteiger partial charge in [0.25, 0.3) is 5.89 Å². The highest BCUT2D eigenvalue weighted by atomic mass is 16.5. The van der Waals surface area contributed by atoms with Crippen molar-refractivity contribution >= 4 is 0 Å². The van der Waals surface area contributed by atoms with E-state index >= 15 is 0 Å². The highest BCUT2D eigenvalue weighted by Crippen LogP contribution is 2.19. The van der Waals surface area contributed by atoms with Crippen LogP contribution in [0.15, 0.2) is 59.0 Å². The maximum absolute atomic E-state index is 5.60. The Morgan fingerprint density at radius 2 is 1.85 bits per heavy atom. The second-order valence-corrected chi connectivity index (χ2v) is 4.47. The van der Waals surface area contributed by atoms with Crippen LogP contribution < -0.4 is 4.74 Å². The normalized spacial score (nSPS) is 10.4. The zero-order chi connectivity index (χ0) is 13.8. The number of nitrogens with zero attached hydrogens (tertiary/aromatic N) is 2. The van der Waals surface area contributed by atoms with E-state index in [1.54, 1.807) is 0 Å². The van der Waals surface area contributed by atoms with Crippen molar-refractivity contribution in [2.45, 2.75) is 13.5 Å². The number of hydrogen-bond acceptors (Lipinski definition) is 4. The van der Waals surface area contributed by atoms with E-state index in [9.17, 15) is 0 Å². The van der Waals surface area contributed by atoms with E-state index in [1.165, 1.54) is 0 Å². The smallest absolute Gasteiger partial charge is 0.254 e. The van der Waals surface area contributed by atoms with Gasteiger partial charge in [-0.25, -0.2) is 0 Å². The summed E-state index contributed by atoms with van der Waals surface area (Å²) >= 11 is 0. The molecule has 0 aliphatic rings. The zero-order valence-corrected chi connectivity index (χ0v) is 11.1. The van der Waals surface area contributed by atoms with Crippen molar-refractivity contribution in [2.75, 3.05) is 0 Å². The van der Waals surface area contributed by atoms with Gasteiger partial charge in [-0.15, -0.1) is 10.2 Å². The number of aryl methyl sites for hydroxylation is 1. The van der Waals surface area contributed by atoms with Crippen LogP contribution >= 0.6 is 0 Å². The molecular weight excluding hydrogens is 252 g/mol. The first kappa shape index (κ1) is 12.4. The van der Waals surface area contributed by atoms with Crippen LogP contribution in [0.5, 0.6) is 5.75 Å². The summed E-state index contributed by atoms with van der Waals surface area (Å²) in [7, 11) is 0. The van der Waals surface area contributed by atoms with Crippen LogP contribution in [0.3, 0.4) is 0 Å². The third-order valence-electron chi connectivity index (χ3n) is 2.84. The molecule has 3 aromatic rings. The molecule has 1 heterocycles.